The van der Waals surface area contributed by atoms with E-state index in [0.29, 0.717) is 17.9 Å². The molecule has 0 aliphatic carbocycles. The number of nitrogens with one attached hydrogen (secondary N) is 1. The van der Waals surface area contributed by atoms with Crippen molar-refractivity contribution < 1.29 is 14.8 Å². The van der Waals surface area contributed by atoms with E-state index in [4.69, 9.17) is 0 Å². The summed E-state index contributed by atoms with van der Waals surface area (Å²) in [4.78, 5) is 13.9. The molecule has 0 radical (unpaired) electrons. The second kappa shape index (κ2) is 7.32. The first kappa shape index (κ1) is 17.4. The minimum Gasteiger partial charge on any atom is -0.493 e. The molecule has 6 heteroatoms. The molecule has 0 atom stereocenters. The van der Waals surface area contributed by atoms with Crippen LogP contribution in [0.5, 0.6) is 5.88 Å². The number of rotatable bonds is 4. The topological polar surface area (TPSA) is 71.4 Å². The average molecular weight is 363 g/mol. The second-order valence-electron chi connectivity index (χ2n) is 7.05. The number of hydrogen-bond acceptors (Lipinski definition) is 3. The van der Waals surface area contributed by atoms with Gasteiger partial charge >= 0.3 is 0 Å². The number of amides is 1. The van der Waals surface area contributed by atoms with E-state index in [0.717, 1.165) is 29.6 Å². The molecule has 1 aromatic heterocycles. The van der Waals surface area contributed by atoms with E-state index in [1.165, 1.54) is 17.7 Å². The lowest BCUT2D eigenvalue weighted by molar-refractivity contribution is -0.910. The van der Waals surface area contributed by atoms with E-state index in [-0.39, 0.29) is 5.88 Å². The van der Waals surface area contributed by atoms with Crippen molar-refractivity contribution in [3.63, 3.8) is 0 Å². The summed E-state index contributed by atoms with van der Waals surface area (Å²) < 4.78 is 1.88. The summed E-state index contributed by atoms with van der Waals surface area (Å²) in [6.07, 6.45) is 2.43. The molecule has 1 saturated heterocycles. The number of hydrogen-bond donors (Lipinski definition) is 2. The van der Waals surface area contributed by atoms with Crippen molar-refractivity contribution in [3.05, 3.63) is 59.7 Å². The first-order valence-corrected chi connectivity index (χ1v) is 9.30. The molecule has 2 heterocycles. The van der Waals surface area contributed by atoms with Crippen LogP contribution in [0.4, 0.5) is 5.69 Å². The zero-order chi connectivity index (χ0) is 18.8. The van der Waals surface area contributed by atoms with Gasteiger partial charge < -0.3 is 10.0 Å². The molecule has 2 N–H and O–H groups in total. The number of aryl methyl sites for hydroxylation is 1. The SMILES string of the molecule is Cc1ccccc1C(=O)N=Nc1c(O)n(C[NH+]2CCCC2)c2ccccc12. The standard InChI is InChI=1S/C21H22N4O2/c1-15-8-2-3-9-16(15)20(26)23-22-19-17-10-4-5-11-18(17)25(21(19)27)14-24-12-6-7-13-24/h2-5,8-11,27H,6-7,12-14H2,1H3/p+1. The minimum absolute atomic E-state index is 0.0666. The van der Waals surface area contributed by atoms with Crippen LogP contribution in [-0.2, 0) is 6.67 Å². The fraction of sp³-hybridized carbons (Fsp3) is 0.286. The van der Waals surface area contributed by atoms with Gasteiger partial charge in [0.05, 0.1) is 18.6 Å². The van der Waals surface area contributed by atoms with E-state index >= 15 is 0 Å². The van der Waals surface area contributed by atoms with Crippen molar-refractivity contribution in [2.24, 2.45) is 10.2 Å². The third-order valence-corrected chi connectivity index (χ3v) is 5.23. The Kier molecular flexibility index (Phi) is 4.73. The van der Waals surface area contributed by atoms with Gasteiger partial charge in [-0.3, -0.25) is 9.36 Å². The Balaban J connectivity index is 1.70. The number of fused-ring (bicyclic) bond motifs is 1. The predicted octanol–water partition coefficient (Wildman–Crippen LogP) is 3.22. The lowest BCUT2D eigenvalue weighted by Gasteiger charge is -2.14. The number of aromatic hydroxyl groups is 1. The largest absolute Gasteiger partial charge is 0.493 e. The highest BCUT2D eigenvalue weighted by Gasteiger charge is 2.22. The lowest BCUT2D eigenvalue weighted by atomic mass is 10.1. The van der Waals surface area contributed by atoms with Gasteiger partial charge in [-0.05, 0) is 24.6 Å². The highest BCUT2D eigenvalue weighted by molar-refractivity contribution is 5.98. The highest BCUT2D eigenvalue weighted by Crippen LogP contribution is 2.38. The number of azo groups is 1. The number of nitrogens with zero attached hydrogens (tertiary/aromatic N) is 3. The summed E-state index contributed by atoms with van der Waals surface area (Å²) >= 11 is 0. The van der Waals surface area contributed by atoms with Crippen molar-refractivity contribution in [2.45, 2.75) is 26.4 Å². The predicted molar refractivity (Wildman–Crippen MR) is 104 cm³/mol. The van der Waals surface area contributed by atoms with Gasteiger partial charge in [0.2, 0.25) is 5.88 Å². The van der Waals surface area contributed by atoms with Gasteiger partial charge in [0.1, 0.15) is 0 Å². The molecule has 27 heavy (non-hydrogen) atoms. The van der Waals surface area contributed by atoms with E-state index in [1.54, 1.807) is 12.1 Å². The van der Waals surface area contributed by atoms with Gasteiger partial charge in [0.15, 0.2) is 12.4 Å². The van der Waals surface area contributed by atoms with Crippen LogP contribution in [0.3, 0.4) is 0 Å². The van der Waals surface area contributed by atoms with E-state index < -0.39 is 5.91 Å². The Labute approximate surface area is 157 Å². The Morgan fingerprint density at radius 1 is 1.11 bits per heavy atom. The van der Waals surface area contributed by atoms with E-state index in [2.05, 4.69) is 10.2 Å². The fourth-order valence-corrected chi connectivity index (χ4v) is 3.75. The molecule has 0 bridgehead atoms. The zero-order valence-electron chi connectivity index (χ0n) is 15.4. The minimum atomic E-state index is -0.408. The molecule has 3 aromatic rings. The van der Waals surface area contributed by atoms with Crippen LogP contribution in [-0.4, -0.2) is 28.7 Å². The number of carbonyl (C=O) groups is 1. The maximum absolute atomic E-state index is 12.4. The molecule has 1 aliphatic rings. The van der Waals surface area contributed by atoms with Gasteiger partial charge in [-0.2, -0.15) is 0 Å². The summed E-state index contributed by atoms with van der Waals surface area (Å²) in [6, 6.07) is 15.0. The fourth-order valence-electron chi connectivity index (χ4n) is 3.75. The first-order valence-electron chi connectivity index (χ1n) is 9.30. The van der Waals surface area contributed by atoms with Crippen molar-refractivity contribution >= 4 is 22.5 Å². The molecule has 138 valence electrons. The second-order valence-corrected chi connectivity index (χ2v) is 7.05. The van der Waals surface area contributed by atoms with Crippen molar-refractivity contribution in [3.8, 4) is 5.88 Å². The monoisotopic (exact) mass is 363 g/mol. The Morgan fingerprint density at radius 3 is 2.59 bits per heavy atom. The van der Waals surface area contributed by atoms with Gasteiger partial charge in [-0.1, -0.05) is 36.4 Å². The van der Waals surface area contributed by atoms with Crippen molar-refractivity contribution in [1.82, 2.24) is 4.57 Å². The molecule has 0 saturated carbocycles. The van der Waals surface area contributed by atoms with Crippen LogP contribution in [0.1, 0.15) is 28.8 Å². The summed E-state index contributed by atoms with van der Waals surface area (Å²) in [5.41, 5.74) is 2.63. The molecule has 0 unspecified atom stereocenters. The van der Waals surface area contributed by atoms with Gasteiger partial charge in [0, 0.05) is 23.8 Å². The van der Waals surface area contributed by atoms with Crippen LogP contribution < -0.4 is 4.90 Å². The molecule has 1 fully saturated rings. The van der Waals surface area contributed by atoms with Crippen LogP contribution >= 0.6 is 0 Å². The lowest BCUT2D eigenvalue weighted by Crippen LogP contribution is -3.09. The molecule has 1 aliphatic heterocycles. The molecular weight excluding hydrogens is 340 g/mol. The van der Waals surface area contributed by atoms with Gasteiger partial charge in [-0.15, -0.1) is 10.2 Å². The molecular formula is C21H23N4O2+. The molecule has 2 aromatic carbocycles. The summed E-state index contributed by atoms with van der Waals surface area (Å²) in [7, 11) is 0. The number of likely N-dealkylation sites (tertiary alicyclic amines) is 1. The molecule has 4 rings (SSSR count). The van der Waals surface area contributed by atoms with Crippen LogP contribution in [0.2, 0.25) is 0 Å². The summed E-state index contributed by atoms with van der Waals surface area (Å²) in [5.74, 6) is -0.341. The maximum atomic E-state index is 12.4. The number of aromatic nitrogens is 1. The van der Waals surface area contributed by atoms with Crippen LogP contribution in [0.25, 0.3) is 10.9 Å². The zero-order valence-corrected chi connectivity index (χ0v) is 15.4. The third kappa shape index (κ3) is 3.36. The first-order chi connectivity index (χ1) is 13.1. The number of quaternary nitrogens is 1. The molecule has 6 nitrogen and oxygen atoms in total. The van der Waals surface area contributed by atoms with Crippen LogP contribution in [0, 0.1) is 6.92 Å². The quantitative estimate of drug-likeness (QED) is 0.699. The Hall–Kier alpha value is -2.99. The van der Waals surface area contributed by atoms with Gasteiger partial charge in [0.25, 0.3) is 5.91 Å². The van der Waals surface area contributed by atoms with Crippen molar-refractivity contribution in [1.29, 1.82) is 0 Å². The number of benzene rings is 2. The van der Waals surface area contributed by atoms with E-state index in [1.807, 2.05) is 47.9 Å². The van der Waals surface area contributed by atoms with Crippen LogP contribution in [0.15, 0.2) is 58.8 Å². The van der Waals surface area contributed by atoms with Gasteiger partial charge in [-0.25, -0.2) is 0 Å². The summed E-state index contributed by atoms with van der Waals surface area (Å²) in [5, 5.41) is 19.6. The smallest absolute Gasteiger partial charge is 0.295 e. The molecule has 0 spiro atoms. The van der Waals surface area contributed by atoms with Crippen molar-refractivity contribution in [2.75, 3.05) is 13.1 Å². The molecule has 1 amide bonds. The average Bonchev–Trinajstić information content (AvgIpc) is 3.28. The maximum Gasteiger partial charge on any atom is 0.295 e. The normalized spacial score (nSPS) is 15.1. The Bertz CT molecular complexity index is 1020. The Morgan fingerprint density at radius 2 is 1.81 bits per heavy atom. The number of para-hydroxylation sites is 1. The van der Waals surface area contributed by atoms with E-state index in [9.17, 15) is 9.90 Å². The summed E-state index contributed by atoms with van der Waals surface area (Å²) in [6.45, 7) is 4.77. The number of carbonyl (C=O) groups excluding carboxylic acids is 1. The highest BCUT2D eigenvalue weighted by atomic mass is 16.3. The third-order valence-electron chi connectivity index (χ3n) is 5.23.